The zero-order valence-corrected chi connectivity index (χ0v) is 16.2. The van der Waals surface area contributed by atoms with Gasteiger partial charge in [-0.1, -0.05) is 35.8 Å². The van der Waals surface area contributed by atoms with E-state index in [2.05, 4.69) is 15.6 Å². The van der Waals surface area contributed by atoms with Crippen LogP contribution in [0.4, 0.5) is 20.0 Å². The first-order chi connectivity index (χ1) is 13.3. The molecule has 0 atom stereocenters. The van der Waals surface area contributed by atoms with Gasteiger partial charge in [-0.2, -0.15) is 0 Å². The summed E-state index contributed by atoms with van der Waals surface area (Å²) in [5.74, 6) is -2.00. The van der Waals surface area contributed by atoms with Gasteiger partial charge in [-0.25, -0.2) is 14.2 Å². The molecule has 1 fully saturated rings. The molecule has 1 aromatic heterocycles. The van der Waals surface area contributed by atoms with Crippen molar-refractivity contribution in [2.75, 3.05) is 10.6 Å². The summed E-state index contributed by atoms with van der Waals surface area (Å²) in [5.41, 5.74) is 0.475. The lowest BCUT2D eigenvalue weighted by atomic mass is 9.95. The molecule has 1 saturated carbocycles. The van der Waals surface area contributed by atoms with Crippen LogP contribution in [-0.4, -0.2) is 27.9 Å². The van der Waals surface area contributed by atoms with Crippen LogP contribution in [0.1, 0.15) is 41.7 Å². The number of aliphatic carboxylic acids is 1. The van der Waals surface area contributed by atoms with E-state index < -0.39 is 17.8 Å². The molecule has 0 bridgehead atoms. The third-order valence-electron chi connectivity index (χ3n) is 4.41. The van der Waals surface area contributed by atoms with Crippen LogP contribution in [0.3, 0.4) is 0 Å². The summed E-state index contributed by atoms with van der Waals surface area (Å²) in [5, 5.41) is 13.9. The van der Waals surface area contributed by atoms with Crippen molar-refractivity contribution in [3.8, 4) is 0 Å². The molecule has 3 rings (SSSR count). The largest absolute Gasteiger partial charge is 0.481 e. The zero-order valence-electron chi connectivity index (χ0n) is 14.6. The Morgan fingerprint density at radius 3 is 2.64 bits per heavy atom. The number of carbonyl (C=O) groups is 3. The normalized spacial score (nSPS) is 14.1. The minimum Gasteiger partial charge on any atom is -0.481 e. The van der Waals surface area contributed by atoms with Crippen molar-refractivity contribution in [2.24, 2.45) is 5.92 Å². The van der Waals surface area contributed by atoms with E-state index in [1.807, 2.05) is 0 Å². The monoisotopic (exact) mass is 425 g/mol. The summed E-state index contributed by atoms with van der Waals surface area (Å²) < 4.78 is 13.8. The molecule has 7 nitrogen and oxygen atoms in total. The first kappa shape index (κ1) is 20.2. The standard InChI is InChI=1S/C18H17ClFN3O4S/c19-16-13(8-14(24)25)22-18(28-16)23-17(27)21-12-6-5-10(20)7-11(12)15(26)9-3-1-2-4-9/h5-7,9H,1-4,8H2,(H,24,25)(H2,21,22,23,27). The number of carboxylic acids is 1. The Hall–Kier alpha value is -2.52. The van der Waals surface area contributed by atoms with E-state index in [4.69, 9.17) is 16.7 Å². The summed E-state index contributed by atoms with van der Waals surface area (Å²) in [6.45, 7) is 0. The van der Waals surface area contributed by atoms with Gasteiger partial charge >= 0.3 is 12.0 Å². The maximum atomic E-state index is 13.7. The number of carboxylic acid groups (broad SMARTS) is 1. The second kappa shape index (κ2) is 8.66. The maximum Gasteiger partial charge on any atom is 0.325 e. The molecule has 28 heavy (non-hydrogen) atoms. The minimum atomic E-state index is -1.09. The molecular formula is C18H17ClFN3O4S. The van der Waals surface area contributed by atoms with Crippen molar-refractivity contribution in [2.45, 2.75) is 32.1 Å². The van der Waals surface area contributed by atoms with Crippen LogP contribution in [0.2, 0.25) is 4.34 Å². The Balaban J connectivity index is 1.73. The minimum absolute atomic E-state index is 0.115. The second-order valence-corrected chi connectivity index (χ2v) is 8.03. The van der Waals surface area contributed by atoms with Crippen molar-refractivity contribution >= 4 is 51.5 Å². The van der Waals surface area contributed by atoms with E-state index in [0.29, 0.717) is 0 Å². The fraction of sp³-hybridized carbons (Fsp3) is 0.333. The van der Waals surface area contributed by atoms with Gasteiger partial charge < -0.3 is 10.4 Å². The number of hydrogen-bond acceptors (Lipinski definition) is 5. The summed E-state index contributed by atoms with van der Waals surface area (Å²) in [6, 6.07) is 2.93. The van der Waals surface area contributed by atoms with Gasteiger partial charge in [-0.05, 0) is 31.0 Å². The number of ketones is 1. The van der Waals surface area contributed by atoms with Gasteiger partial charge in [0.25, 0.3) is 0 Å². The molecule has 2 amide bonds. The predicted octanol–water partition coefficient (Wildman–Crippen LogP) is 4.58. The smallest absolute Gasteiger partial charge is 0.325 e. The third-order valence-corrected chi connectivity index (χ3v) is 5.66. The number of amides is 2. The van der Waals surface area contributed by atoms with Crippen molar-refractivity contribution in [1.29, 1.82) is 0 Å². The number of benzene rings is 1. The first-order valence-corrected chi connectivity index (χ1v) is 9.81. The molecule has 0 aliphatic heterocycles. The number of hydrogen-bond donors (Lipinski definition) is 3. The molecule has 3 N–H and O–H groups in total. The lowest BCUT2D eigenvalue weighted by Gasteiger charge is -2.14. The molecule has 10 heteroatoms. The molecule has 0 saturated heterocycles. The summed E-state index contributed by atoms with van der Waals surface area (Å²) in [4.78, 5) is 39.7. The van der Waals surface area contributed by atoms with Gasteiger partial charge in [0, 0.05) is 11.5 Å². The number of anilines is 2. The van der Waals surface area contributed by atoms with Crippen LogP contribution in [-0.2, 0) is 11.2 Å². The third kappa shape index (κ3) is 4.85. The van der Waals surface area contributed by atoms with Gasteiger partial charge in [0.05, 0.1) is 17.8 Å². The Kier molecular flexibility index (Phi) is 6.25. The number of rotatable bonds is 6. The molecule has 0 radical (unpaired) electrons. The number of halogens is 2. The fourth-order valence-electron chi connectivity index (χ4n) is 3.13. The predicted molar refractivity (Wildman–Crippen MR) is 104 cm³/mol. The highest BCUT2D eigenvalue weighted by molar-refractivity contribution is 7.19. The zero-order chi connectivity index (χ0) is 20.3. The molecule has 1 aromatic carbocycles. The molecular weight excluding hydrogens is 409 g/mol. The highest BCUT2D eigenvalue weighted by Crippen LogP contribution is 2.31. The van der Waals surface area contributed by atoms with Crippen LogP contribution in [0, 0.1) is 11.7 Å². The van der Waals surface area contributed by atoms with E-state index in [1.54, 1.807) is 0 Å². The number of aromatic nitrogens is 1. The number of carbonyl (C=O) groups excluding carboxylic acids is 2. The average Bonchev–Trinajstić information content (AvgIpc) is 3.26. The fourth-order valence-corrected chi connectivity index (χ4v) is 4.16. The molecule has 1 aliphatic carbocycles. The lowest BCUT2D eigenvalue weighted by Crippen LogP contribution is -2.22. The topological polar surface area (TPSA) is 108 Å². The number of urea groups is 1. The van der Waals surface area contributed by atoms with E-state index >= 15 is 0 Å². The van der Waals surface area contributed by atoms with Crippen LogP contribution in [0.25, 0.3) is 0 Å². The average molecular weight is 426 g/mol. The number of nitrogens with one attached hydrogen (secondary N) is 2. The van der Waals surface area contributed by atoms with Gasteiger partial charge in [-0.15, -0.1) is 0 Å². The summed E-state index contributed by atoms with van der Waals surface area (Å²) >= 11 is 6.84. The molecule has 148 valence electrons. The number of nitrogens with zero attached hydrogens (tertiary/aromatic N) is 1. The van der Waals surface area contributed by atoms with Crippen LogP contribution in [0.5, 0.6) is 0 Å². The van der Waals surface area contributed by atoms with Gasteiger partial charge in [-0.3, -0.25) is 14.9 Å². The molecule has 1 heterocycles. The van der Waals surface area contributed by atoms with Crippen LogP contribution < -0.4 is 10.6 Å². The molecule has 0 spiro atoms. The molecule has 0 unspecified atom stereocenters. The molecule has 2 aromatic rings. The van der Waals surface area contributed by atoms with Gasteiger partial charge in [0.2, 0.25) is 0 Å². The van der Waals surface area contributed by atoms with Crippen LogP contribution >= 0.6 is 22.9 Å². The van der Waals surface area contributed by atoms with Crippen molar-refractivity contribution in [3.63, 3.8) is 0 Å². The van der Waals surface area contributed by atoms with E-state index in [-0.39, 0.29) is 44.5 Å². The Bertz CT molecular complexity index is 928. The Morgan fingerprint density at radius 2 is 1.96 bits per heavy atom. The number of thiazole rings is 1. The first-order valence-electron chi connectivity index (χ1n) is 8.62. The Labute approximate surface area is 168 Å². The lowest BCUT2D eigenvalue weighted by molar-refractivity contribution is -0.136. The van der Waals surface area contributed by atoms with Crippen LogP contribution in [0.15, 0.2) is 18.2 Å². The van der Waals surface area contributed by atoms with Crippen molar-refractivity contribution in [3.05, 3.63) is 39.6 Å². The quantitative estimate of drug-likeness (QED) is 0.587. The Morgan fingerprint density at radius 1 is 1.25 bits per heavy atom. The summed E-state index contributed by atoms with van der Waals surface area (Å²) in [7, 11) is 0. The second-order valence-electron chi connectivity index (χ2n) is 6.42. The SMILES string of the molecule is O=C(O)Cc1nc(NC(=O)Nc2ccc(F)cc2C(=O)C2CCCC2)sc1Cl. The highest BCUT2D eigenvalue weighted by Gasteiger charge is 2.26. The van der Waals surface area contributed by atoms with Gasteiger partial charge in [0.1, 0.15) is 10.2 Å². The maximum absolute atomic E-state index is 13.7. The highest BCUT2D eigenvalue weighted by atomic mass is 35.5. The van der Waals surface area contributed by atoms with Crippen molar-refractivity contribution in [1.82, 2.24) is 4.98 Å². The van der Waals surface area contributed by atoms with E-state index in [0.717, 1.165) is 49.2 Å². The van der Waals surface area contributed by atoms with Gasteiger partial charge in [0.15, 0.2) is 10.9 Å². The molecule has 1 aliphatic rings. The number of Topliss-reactive ketones (excluding diaryl/α,β-unsaturated/α-hetero) is 1. The van der Waals surface area contributed by atoms with Crippen molar-refractivity contribution < 1.29 is 23.9 Å². The summed E-state index contributed by atoms with van der Waals surface area (Å²) in [6.07, 6.45) is 3.06. The van der Waals surface area contributed by atoms with E-state index in [9.17, 15) is 18.8 Å². The van der Waals surface area contributed by atoms with E-state index in [1.165, 1.54) is 6.07 Å².